The zero-order valence-corrected chi connectivity index (χ0v) is 9.41. The number of hydrogen-bond acceptors (Lipinski definition) is 3. The van der Waals surface area contributed by atoms with Gasteiger partial charge in [0.05, 0.1) is 13.3 Å². The molecular formula is C11H16N2O2. The highest BCUT2D eigenvalue weighted by atomic mass is 16.5. The fourth-order valence-electron chi connectivity index (χ4n) is 1.32. The summed E-state index contributed by atoms with van der Waals surface area (Å²) in [6.07, 6.45) is 2.38. The second-order valence-corrected chi connectivity index (χ2v) is 3.54. The molecule has 0 atom stereocenters. The Morgan fingerprint density at radius 2 is 2.33 bits per heavy atom. The Bertz CT molecular complexity index is 380. The van der Waals surface area contributed by atoms with E-state index in [-0.39, 0.29) is 5.97 Å². The average molecular weight is 208 g/mol. The molecule has 82 valence electrons. The maximum absolute atomic E-state index is 11.4. The minimum absolute atomic E-state index is 0.350. The zero-order chi connectivity index (χ0) is 11.4. The van der Waals surface area contributed by atoms with Crippen LogP contribution >= 0.6 is 0 Å². The van der Waals surface area contributed by atoms with Crippen molar-refractivity contribution in [3.05, 3.63) is 29.9 Å². The maximum Gasteiger partial charge on any atom is 0.356 e. The highest BCUT2D eigenvalue weighted by Crippen LogP contribution is 2.09. The molecular weight excluding hydrogens is 192 g/mol. The van der Waals surface area contributed by atoms with Gasteiger partial charge in [0.2, 0.25) is 0 Å². The van der Waals surface area contributed by atoms with Gasteiger partial charge in [-0.05, 0) is 20.3 Å². The van der Waals surface area contributed by atoms with E-state index in [2.05, 4.69) is 16.3 Å². The molecule has 0 unspecified atom stereocenters. The van der Waals surface area contributed by atoms with Crippen molar-refractivity contribution in [2.75, 3.05) is 7.11 Å². The Morgan fingerprint density at radius 1 is 1.67 bits per heavy atom. The van der Waals surface area contributed by atoms with Gasteiger partial charge in [-0.15, -0.1) is 6.58 Å². The second kappa shape index (κ2) is 4.77. The van der Waals surface area contributed by atoms with Crippen LogP contribution in [0, 0.1) is 6.92 Å². The quantitative estimate of drug-likeness (QED) is 0.561. The van der Waals surface area contributed by atoms with Crippen molar-refractivity contribution in [3.63, 3.8) is 0 Å². The lowest BCUT2D eigenvalue weighted by Crippen LogP contribution is -2.12. The zero-order valence-electron chi connectivity index (χ0n) is 9.41. The number of carbonyl (C=O) groups excluding carboxylic acids is 1. The van der Waals surface area contributed by atoms with Gasteiger partial charge in [0, 0.05) is 6.54 Å². The molecule has 0 amide bonds. The molecule has 1 aromatic heterocycles. The molecule has 4 heteroatoms. The number of nitrogens with zero attached hydrogens (tertiary/aromatic N) is 2. The predicted octanol–water partition coefficient (Wildman–Crippen LogP) is 1.94. The topological polar surface area (TPSA) is 44.1 Å². The van der Waals surface area contributed by atoms with Gasteiger partial charge in [-0.25, -0.2) is 9.78 Å². The molecule has 1 rings (SSSR count). The van der Waals surface area contributed by atoms with Crippen molar-refractivity contribution >= 4 is 5.97 Å². The standard InChI is InChI=1S/C11H16N2O2/c1-8(2)5-6-13-9(3)12-7-10(13)11(14)15-4/h7H,1,5-6H2,2-4H3. The first-order valence-corrected chi connectivity index (χ1v) is 4.81. The van der Waals surface area contributed by atoms with Crippen molar-refractivity contribution in [2.45, 2.75) is 26.8 Å². The van der Waals surface area contributed by atoms with Gasteiger partial charge in [0.1, 0.15) is 11.5 Å². The Morgan fingerprint density at radius 3 is 2.87 bits per heavy atom. The molecule has 0 saturated carbocycles. The van der Waals surface area contributed by atoms with Gasteiger partial charge in [0.25, 0.3) is 0 Å². The lowest BCUT2D eigenvalue weighted by atomic mass is 10.2. The van der Waals surface area contributed by atoms with E-state index in [1.165, 1.54) is 7.11 Å². The third-order valence-electron chi connectivity index (χ3n) is 2.21. The summed E-state index contributed by atoms with van der Waals surface area (Å²) in [5.74, 6) is 0.467. The molecule has 0 saturated heterocycles. The van der Waals surface area contributed by atoms with Crippen molar-refractivity contribution in [2.24, 2.45) is 0 Å². The van der Waals surface area contributed by atoms with Crippen LogP contribution in [-0.4, -0.2) is 22.6 Å². The smallest absolute Gasteiger partial charge is 0.356 e. The summed E-state index contributed by atoms with van der Waals surface area (Å²) in [6, 6.07) is 0. The first-order valence-electron chi connectivity index (χ1n) is 4.81. The molecule has 0 radical (unpaired) electrons. The van der Waals surface area contributed by atoms with Crippen LogP contribution in [0.4, 0.5) is 0 Å². The monoisotopic (exact) mass is 208 g/mol. The summed E-state index contributed by atoms with van der Waals surface area (Å²) >= 11 is 0. The van der Waals surface area contributed by atoms with Crippen molar-refractivity contribution in [1.29, 1.82) is 0 Å². The summed E-state index contributed by atoms with van der Waals surface area (Å²) in [6.45, 7) is 8.37. The molecule has 0 aliphatic carbocycles. The number of imidazole rings is 1. The molecule has 1 aromatic rings. The average Bonchev–Trinajstić information content (AvgIpc) is 2.55. The van der Waals surface area contributed by atoms with Gasteiger partial charge in [-0.2, -0.15) is 0 Å². The molecule has 0 aliphatic rings. The minimum Gasteiger partial charge on any atom is -0.464 e. The fraction of sp³-hybridized carbons (Fsp3) is 0.455. The van der Waals surface area contributed by atoms with E-state index < -0.39 is 0 Å². The van der Waals surface area contributed by atoms with Crippen LogP contribution in [-0.2, 0) is 11.3 Å². The number of rotatable bonds is 4. The molecule has 0 fully saturated rings. The second-order valence-electron chi connectivity index (χ2n) is 3.54. The van der Waals surface area contributed by atoms with E-state index in [9.17, 15) is 4.79 Å². The summed E-state index contributed by atoms with van der Waals surface area (Å²) in [7, 11) is 1.37. The molecule has 0 aromatic carbocycles. The van der Waals surface area contributed by atoms with Gasteiger partial charge in [-0.3, -0.25) is 0 Å². The number of ether oxygens (including phenoxy) is 1. The number of allylic oxidation sites excluding steroid dienone is 1. The van der Waals surface area contributed by atoms with Crippen LogP contribution in [0.15, 0.2) is 18.3 Å². The number of esters is 1. The highest BCUT2D eigenvalue weighted by molar-refractivity contribution is 5.87. The highest BCUT2D eigenvalue weighted by Gasteiger charge is 2.14. The lowest BCUT2D eigenvalue weighted by Gasteiger charge is -2.08. The third kappa shape index (κ3) is 2.68. The summed E-state index contributed by atoms with van der Waals surface area (Å²) in [5, 5.41) is 0. The lowest BCUT2D eigenvalue weighted by molar-refractivity contribution is 0.0588. The SMILES string of the molecule is C=C(C)CCn1c(C(=O)OC)cnc1C. The number of aromatic nitrogens is 2. The van der Waals surface area contributed by atoms with Crippen LogP contribution < -0.4 is 0 Å². The number of methoxy groups -OCH3 is 1. The minimum atomic E-state index is -0.350. The van der Waals surface area contributed by atoms with Gasteiger partial charge >= 0.3 is 5.97 Å². The van der Waals surface area contributed by atoms with E-state index in [1.54, 1.807) is 6.20 Å². The summed E-state index contributed by atoms with van der Waals surface area (Å²) < 4.78 is 6.52. The van der Waals surface area contributed by atoms with Crippen molar-refractivity contribution in [1.82, 2.24) is 9.55 Å². The summed E-state index contributed by atoms with van der Waals surface area (Å²) in [5.41, 5.74) is 1.58. The van der Waals surface area contributed by atoms with E-state index in [0.29, 0.717) is 12.2 Å². The maximum atomic E-state index is 11.4. The normalized spacial score (nSPS) is 10.1. The van der Waals surface area contributed by atoms with Gasteiger partial charge in [-0.1, -0.05) is 5.57 Å². The van der Waals surface area contributed by atoms with E-state index in [4.69, 9.17) is 0 Å². The van der Waals surface area contributed by atoms with Crippen LogP contribution in [0.25, 0.3) is 0 Å². The van der Waals surface area contributed by atoms with Crippen molar-refractivity contribution < 1.29 is 9.53 Å². The molecule has 0 aliphatic heterocycles. The van der Waals surface area contributed by atoms with Crippen LogP contribution in [0.2, 0.25) is 0 Å². The Labute approximate surface area is 89.6 Å². The van der Waals surface area contributed by atoms with Crippen LogP contribution in [0.5, 0.6) is 0 Å². The number of carbonyl (C=O) groups is 1. The molecule has 15 heavy (non-hydrogen) atoms. The Balaban J connectivity index is 2.89. The molecule has 4 nitrogen and oxygen atoms in total. The van der Waals surface area contributed by atoms with Gasteiger partial charge < -0.3 is 9.30 Å². The Kier molecular flexibility index (Phi) is 3.66. The molecule has 0 spiro atoms. The Hall–Kier alpha value is -1.58. The van der Waals surface area contributed by atoms with E-state index >= 15 is 0 Å². The number of aryl methyl sites for hydroxylation is 1. The number of hydrogen-bond donors (Lipinski definition) is 0. The molecule has 1 heterocycles. The first-order chi connectivity index (χ1) is 7.06. The van der Waals surface area contributed by atoms with Crippen LogP contribution in [0.1, 0.15) is 29.7 Å². The summed E-state index contributed by atoms with van der Waals surface area (Å²) in [4.78, 5) is 15.5. The first kappa shape index (κ1) is 11.5. The van der Waals surface area contributed by atoms with Crippen LogP contribution in [0.3, 0.4) is 0 Å². The third-order valence-corrected chi connectivity index (χ3v) is 2.21. The van der Waals surface area contributed by atoms with Gasteiger partial charge in [0.15, 0.2) is 0 Å². The predicted molar refractivity (Wildman–Crippen MR) is 57.7 cm³/mol. The van der Waals surface area contributed by atoms with Crippen molar-refractivity contribution in [3.8, 4) is 0 Å². The van der Waals surface area contributed by atoms with E-state index in [1.807, 2.05) is 18.4 Å². The fourth-order valence-corrected chi connectivity index (χ4v) is 1.32. The van der Waals surface area contributed by atoms with E-state index in [0.717, 1.165) is 17.8 Å². The molecule has 0 N–H and O–H groups in total. The largest absolute Gasteiger partial charge is 0.464 e. The molecule has 0 bridgehead atoms.